The monoisotopic (exact) mass is 583 g/mol. The van der Waals surface area contributed by atoms with E-state index in [1.807, 2.05) is 31.3 Å². The lowest BCUT2D eigenvalue weighted by atomic mass is 9.89. The first kappa shape index (κ1) is 32.1. The minimum absolute atomic E-state index is 0.0660. The molecule has 3 rings (SSSR count). The molecule has 0 bridgehead atoms. The fourth-order valence-corrected chi connectivity index (χ4v) is 6.81. The molecular formula is C31H41F4NO3S. The van der Waals surface area contributed by atoms with Crippen LogP contribution in [0.15, 0.2) is 42.5 Å². The number of unbranched alkanes of at least 4 members (excludes halogenated alkanes) is 3. The Labute approximate surface area is 236 Å². The molecule has 0 aliphatic heterocycles. The van der Waals surface area contributed by atoms with Crippen molar-refractivity contribution in [2.45, 2.75) is 76.8 Å². The Bertz CT molecular complexity index is 1220. The van der Waals surface area contributed by atoms with Gasteiger partial charge in [0.05, 0.1) is 11.5 Å². The van der Waals surface area contributed by atoms with Crippen molar-refractivity contribution in [1.29, 1.82) is 0 Å². The Hall–Kier alpha value is -2.39. The van der Waals surface area contributed by atoms with Gasteiger partial charge in [0.25, 0.3) is 0 Å². The van der Waals surface area contributed by atoms with Crippen LogP contribution in [0.1, 0.15) is 80.9 Å². The zero-order valence-corrected chi connectivity index (χ0v) is 24.1. The molecule has 0 aromatic heterocycles. The van der Waals surface area contributed by atoms with E-state index >= 15 is 0 Å². The van der Waals surface area contributed by atoms with Crippen LogP contribution >= 0.6 is 0 Å². The first-order valence-corrected chi connectivity index (χ1v) is 16.0. The number of phenolic OH excluding ortho intramolecular Hbond substituents is 1. The number of sulfone groups is 1. The molecule has 2 aromatic carbocycles. The van der Waals surface area contributed by atoms with Crippen molar-refractivity contribution in [2.24, 2.45) is 0 Å². The number of aryl methyl sites for hydroxylation is 1. The molecule has 40 heavy (non-hydrogen) atoms. The second-order valence-electron chi connectivity index (χ2n) is 10.9. The molecule has 0 amide bonds. The van der Waals surface area contributed by atoms with Gasteiger partial charge in [-0.3, -0.25) is 0 Å². The largest absolute Gasteiger partial charge is 0.508 e. The van der Waals surface area contributed by atoms with Gasteiger partial charge in [0, 0.05) is 6.42 Å². The highest BCUT2D eigenvalue weighted by Crippen LogP contribution is 2.39. The van der Waals surface area contributed by atoms with E-state index in [0.29, 0.717) is 12.8 Å². The van der Waals surface area contributed by atoms with Gasteiger partial charge >= 0.3 is 6.18 Å². The van der Waals surface area contributed by atoms with Gasteiger partial charge in [-0.1, -0.05) is 24.6 Å². The van der Waals surface area contributed by atoms with Crippen LogP contribution in [0.3, 0.4) is 0 Å². The molecule has 0 unspecified atom stereocenters. The molecule has 0 radical (unpaired) electrons. The van der Waals surface area contributed by atoms with Gasteiger partial charge in [-0.2, -0.15) is 13.2 Å². The molecule has 0 heterocycles. The third kappa shape index (κ3) is 10.9. The molecule has 1 aliphatic carbocycles. The Morgan fingerprint density at radius 2 is 1.55 bits per heavy atom. The first-order valence-electron chi connectivity index (χ1n) is 14.2. The van der Waals surface area contributed by atoms with E-state index < -0.39 is 28.2 Å². The molecule has 0 spiro atoms. The number of allylic oxidation sites excluding steroid dienone is 2. The highest BCUT2D eigenvalue weighted by Gasteiger charge is 2.27. The molecule has 1 N–H and O–H groups in total. The van der Waals surface area contributed by atoms with Crippen molar-refractivity contribution >= 4 is 21.0 Å². The van der Waals surface area contributed by atoms with Gasteiger partial charge in [-0.15, -0.1) is 0 Å². The number of alkyl halides is 3. The summed E-state index contributed by atoms with van der Waals surface area (Å²) in [7, 11) is -1.44. The lowest BCUT2D eigenvalue weighted by molar-refractivity contribution is -0.134. The van der Waals surface area contributed by atoms with Crippen molar-refractivity contribution in [3.05, 3.63) is 65.0 Å². The van der Waals surface area contributed by atoms with Crippen molar-refractivity contribution in [2.75, 3.05) is 31.6 Å². The van der Waals surface area contributed by atoms with Gasteiger partial charge in [0.2, 0.25) is 0 Å². The summed E-state index contributed by atoms with van der Waals surface area (Å²) in [6.07, 6.45) is 2.04. The predicted molar refractivity (Wildman–Crippen MR) is 153 cm³/mol. The zero-order chi connectivity index (χ0) is 29.2. The molecular weight excluding hydrogens is 542 g/mol. The molecule has 0 saturated heterocycles. The Kier molecular flexibility index (Phi) is 12.1. The molecule has 0 fully saturated rings. The summed E-state index contributed by atoms with van der Waals surface area (Å²) in [4.78, 5) is 2.17. The highest BCUT2D eigenvalue weighted by molar-refractivity contribution is 7.91. The second-order valence-corrected chi connectivity index (χ2v) is 13.2. The maximum absolute atomic E-state index is 13.6. The normalized spacial score (nSPS) is 14.4. The molecule has 0 atom stereocenters. The summed E-state index contributed by atoms with van der Waals surface area (Å²) in [5.74, 6) is -0.460. The number of rotatable bonds is 15. The number of hydrogen-bond donors (Lipinski definition) is 1. The Morgan fingerprint density at radius 1 is 0.875 bits per heavy atom. The van der Waals surface area contributed by atoms with E-state index in [1.54, 1.807) is 6.07 Å². The van der Waals surface area contributed by atoms with E-state index in [-0.39, 0.29) is 23.7 Å². The minimum atomic E-state index is -4.32. The van der Waals surface area contributed by atoms with E-state index in [9.17, 15) is 31.1 Å². The third-order valence-corrected chi connectivity index (χ3v) is 9.29. The number of fused-ring (bicyclic) bond motifs is 1. The van der Waals surface area contributed by atoms with E-state index in [4.69, 9.17) is 0 Å². The standard InChI is InChI=1S/C31H41F4NO3S/c1-36(20-5-6-21-40(38,39)22-8-18-31(33,34)35)19-4-2-3-10-30-28(24-12-14-26(32)15-13-24)11-7-9-25-23-27(37)16-17-29(25)30/h12-17,23,37H,2-11,18-22H2,1H3. The number of aromatic hydroxyl groups is 1. The summed E-state index contributed by atoms with van der Waals surface area (Å²) in [6, 6.07) is 12.3. The Morgan fingerprint density at radius 3 is 2.25 bits per heavy atom. The fourth-order valence-electron chi connectivity index (χ4n) is 5.38. The molecule has 4 nitrogen and oxygen atoms in total. The second kappa shape index (κ2) is 15.0. The number of phenols is 1. The summed E-state index contributed by atoms with van der Waals surface area (Å²) >= 11 is 0. The third-order valence-electron chi connectivity index (χ3n) is 7.47. The van der Waals surface area contributed by atoms with Gasteiger partial charge in [0.1, 0.15) is 21.4 Å². The average molecular weight is 584 g/mol. The summed E-state index contributed by atoms with van der Waals surface area (Å²) in [6.45, 7) is 1.63. The van der Waals surface area contributed by atoms with Crippen molar-refractivity contribution < 1.29 is 31.1 Å². The van der Waals surface area contributed by atoms with Gasteiger partial charge in [0.15, 0.2) is 0 Å². The van der Waals surface area contributed by atoms with Crippen molar-refractivity contribution in [1.82, 2.24) is 4.90 Å². The summed E-state index contributed by atoms with van der Waals surface area (Å²) in [5.41, 5.74) is 5.87. The first-order chi connectivity index (χ1) is 18.9. The number of halogens is 4. The number of hydrogen-bond acceptors (Lipinski definition) is 4. The quantitative estimate of drug-likeness (QED) is 0.172. The molecule has 222 valence electrons. The summed E-state index contributed by atoms with van der Waals surface area (Å²) in [5, 5.41) is 10.0. The van der Waals surface area contributed by atoms with Gasteiger partial charge in [-0.05, 0) is 130 Å². The molecule has 1 aliphatic rings. The van der Waals surface area contributed by atoms with Crippen molar-refractivity contribution in [3.8, 4) is 5.75 Å². The van der Waals surface area contributed by atoms with Crippen LogP contribution in [0.2, 0.25) is 0 Å². The summed E-state index contributed by atoms with van der Waals surface area (Å²) < 4.78 is 74.2. The van der Waals surface area contributed by atoms with Crippen molar-refractivity contribution in [3.63, 3.8) is 0 Å². The molecule has 0 saturated carbocycles. The topological polar surface area (TPSA) is 57.6 Å². The highest BCUT2D eigenvalue weighted by atomic mass is 32.2. The van der Waals surface area contributed by atoms with E-state index in [1.165, 1.54) is 28.8 Å². The predicted octanol–water partition coefficient (Wildman–Crippen LogP) is 7.81. The van der Waals surface area contributed by atoms with Crippen LogP contribution in [-0.4, -0.2) is 56.2 Å². The number of nitrogens with zero attached hydrogens (tertiary/aromatic N) is 1. The SMILES string of the molecule is CN(CCCCCC1=C(c2ccc(F)cc2)CCCc2cc(O)ccc21)CCCCS(=O)(=O)CCCC(F)(F)F. The fraction of sp³-hybridized carbons (Fsp3) is 0.548. The van der Waals surface area contributed by atoms with Crippen LogP contribution in [0, 0.1) is 5.82 Å². The lowest BCUT2D eigenvalue weighted by Crippen LogP contribution is -2.22. The number of benzene rings is 2. The van der Waals surface area contributed by atoms with Crippen LogP contribution in [0.4, 0.5) is 17.6 Å². The smallest absolute Gasteiger partial charge is 0.389 e. The van der Waals surface area contributed by atoms with Crippen LogP contribution in [0.5, 0.6) is 5.75 Å². The average Bonchev–Trinajstić information content (AvgIpc) is 3.05. The minimum Gasteiger partial charge on any atom is -0.508 e. The maximum Gasteiger partial charge on any atom is 0.389 e. The Balaban J connectivity index is 1.46. The van der Waals surface area contributed by atoms with E-state index in [0.717, 1.165) is 69.2 Å². The van der Waals surface area contributed by atoms with Crippen LogP contribution in [-0.2, 0) is 16.3 Å². The lowest BCUT2D eigenvalue weighted by Gasteiger charge is -2.18. The maximum atomic E-state index is 13.6. The molecule has 9 heteroatoms. The van der Waals surface area contributed by atoms with E-state index in [2.05, 4.69) is 4.90 Å². The van der Waals surface area contributed by atoms with Gasteiger partial charge < -0.3 is 10.0 Å². The molecule has 2 aromatic rings. The van der Waals surface area contributed by atoms with Crippen LogP contribution in [0.25, 0.3) is 11.1 Å². The zero-order valence-electron chi connectivity index (χ0n) is 23.3. The van der Waals surface area contributed by atoms with Gasteiger partial charge in [-0.25, -0.2) is 12.8 Å². The van der Waals surface area contributed by atoms with Crippen LogP contribution < -0.4 is 0 Å².